The fourth-order valence-electron chi connectivity index (χ4n) is 6.51. The number of carboxylic acid groups (broad SMARTS) is 1. The van der Waals surface area contributed by atoms with E-state index in [1.54, 1.807) is 25.3 Å². The van der Waals surface area contributed by atoms with Crippen LogP contribution in [0.4, 0.5) is 13.2 Å². The van der Waals surface area contributed by atoms with Crippen molar-refractivity contribution >= 4 is 27.9 Å². The fraction of sp³-hybridized carbons (Fsp3) is 0.216. The summed E-state index contributed by atoms with van der Waals surface area (Å²) in [6, 6.07) is 25.8. The molecule has 0 amide bonds. The number of alkyl halides is 3. The third-order valence-corrected chi connectivity index (χ3v) is 8.85. The van der Waals surface area contributed by atoms with E-state index in [0.717, 1.165) is 76.8 Å². The zero-order chi connectivity index (χ0) is 32.0. The van der Waals surface area contributed by atoms with E-state index in [0.29, 0.717) is 22.5 Å². The van der Waals surface area contributed by atoms with E-state index >= 15 is 0 Å². The molecule has 1 saturated carbocycles. The third-order valence-electron chi connectivity index (χ3n) is 8.85. The monoisotopic (exact) mass is 621 g/mol. The molecule has 0 radical (unpaired) electrons. The lowest BCUT2D eigenvalue weighted by molar-refractivity contribution is -0.137. The van der Waals surface area contributed by atoms with Gasteiger partial charge in [0.1, 0.15) is 11.6 Å². The number of carboxylic acids is 1. The van der Waals surface area contributed by atoms with Crippen LogP contribution in [0.2, 0.25) is 0 Å². The van der Waals surface area contributed by atoms with Crippen molar-refractivity contribution in [3.63, 3.8) is 0 Å². The van der Waals surface area contributed by atoms with Gasteiger partial charge in [-0.2, -0.15) is 13.2 Å². The summed E-state index contributed by atoms with van der Waals surface area (Å²) < 4.78 is 47.4. The predicted octanol–water partition coefficient (Wildman–Crippen LogP) is 9.82. The Morgan fingerprint density at radius 2 is 1.57 bits per heavy atom. The van der Waals surface area contributed by atoms with E-state index in [-0.39, 0.29) is 11.6 Å². The average Bonchev–Trinajstić information content (AvgIpc) is 3.46. The molecule has 7 rings (SSSR count). The Morgan fingerprint density at radius 1 is 0.804 bits per heavy atom. The van der Waals surface area contributed by atoms with Crippen LogP contribution < -0.4 is 4.74 Å². The second-order valence-corrected chi connectivity index (χ2v) is 11.7. The lowest BCUT2D eigenvalue weighted by Gasteiger charge is -2.25. The molecule has 2 heterocycles. The number of rotatable bonds is 6. The highest BCUT2D eigenvalue weighted by atomic mass is 19.4. The number of pyridine rings is 1. The molecule has 46 heavy (non-hydrogen) atoms. The van der Waals surface area contributed by atoms with Crippen LogP contribution in [0.3, 0.4) is 0 Å². The molecule has 1 N–H and O–H groups in total. The topological polar surface area (TPSA) is 77.2 Å². The molecule has 9 heteroatoms. The molecule has 232 valence electrons. The summed E-state index contributed by atoms with van der Waals surface area (Å²) in [6.07, 6.45) is 1.15. The molecule has 0 aliphatic heterocycles. The zero-order valence-corrected chi connectivity index (χ0v) is 25.0. The summed E-state index contributed by atoms with van der Waals surface area (Å²) in [5.74, 6) is 0.421. The van der Waals surface area contributed by atoms with Crippen LogP contribution in [0.5, 0.6) is 5.75 Å². The summed E-state index contributed by atoms with van der Waals surface area (Å²) >= 11 is 0. The SMILES string of the molecule is COc1ccc(-c2ccc(C(F)(F)F)cc2)c(-c2ccc3cc(-c4nc5cc(C(=O)O)ccc5n4C4CCCCC4)ccc3n2)c1. The first-order valence-electron chi connectivity index (χ1n) is 15.2. The second kappa shape index (κ2) is 11.6. The van der Waals surface area contributed by atoms with E-state index in [9.17, 15) is 23.1 Å². The van der Waals surface area contributed by atoms with Crippen molar-refractivity contribution in [1.29, 1.82) is 0 Å². The van der Waals surface area contributed by atoms with Crippen molar-refractivity contribution in [1.82, 2.24) is 14.5 Å². The number of fused-ring (bicyclic) bond motifs is 2. The number of halogens is 3. The van der Waals surface area contributed by atoms with Gasteiger partial charge in [-0.3, -0.25) is 0 Å². The molecule has 6 nitrogen and oxygen atoms in total. The minimum Gasteiger partial charge on any atom is -0.497 e. The van der Waals surface area contributed by atoms with E-state index in [4.69, 9.17) is 14.7 Å². The molecule has 0 unspecified atom stereocenters. The van der Waals surface area contributed by atoms with Gasteiger partial charge >= 0.3 is 12.1 Å². The Labute approximate surface area is 263 Å². The number of carbonyl (C=O) groups is 1. The van der Waals surface area contributed by atoms with Crippen molar-refractivity contribution in [3.05, 3.63) is 102 Å². The Hall–Kier alpha value is -5.18. The standard InChI is InChI=1S/C37H30F3N3O3/c1-46-28-14-15-29(22-7-12-26(13-8-22)37(38,39)40)30(21-28)32-17-9-23-19-24(10-16-31(23)41-32)35-42-33-20-25(36(44)45)11-18-34(33)43(35)27-5-3-2-4-6-27/h7-21,27H,2-6H2,1H3,(H,44,45). The lowest BCUT2D eigenvalue weighted by atomic mass is 9.94. The summed E-state index contributed by atoms with van der Waals surface area (Å²) in [6.45, 7) is 0. The molecule has 6 aromatic rings. The molecule has 4 aromatic carbocycles. The molecular weight excluding hydrogens is 591 g/mol. The minimum absolute atomic E-state index is 0.204. The van der Waals surface area contributed by atoms with Gasteiger partial charge in [0, 0.05) is 22.6 Å². The molecule has 0 atom stereocenters. The van der Waals surface area contributed by atoms with Crippen molar-refractivity contribution in [2.45, 2.75) is 44.3 Å². The molecule has 0 saturated heterocycles. The maximum Gasteiger partial charge on any atom is 0.416 e. The van der Waals surface area contributed by atoms with Crippen molar-refractivity contribution in [3.8, 4) is 39.5 Å². The summed E-state index contributed by atoms with van der Waals surface area (Å²) in [5.41, 5.74) is 5.50. The highest BCUT2D eigenvalue weighted by Gasteiger charge is 2.30. The van der Waals surface area contributed by atoms with Crippen molar-refractivity contribution < 1.29 is 27.8 Å². The number of methoxy groups -OCH3 is 1. The maximum absolute atomic E-state index is 13.2. The number of hydrogen-bond donors (Lipinski definition) is 1. The molecule has 1 aliphatic rings. The first kappa shape index (κ1) is 29.5. The van der Waals surface area contributed by atoms with Gasteiger partial charge in [-0.25, -0.2) is 14.8 Å². The van der Waals surface area contributed by atoms with Gasteiger partial charge < -0.3 is 14.4 Å². The van der Waals surface area contributed by atoms with Crippen LogP contribution in [0.1, 0.15) is 54.1 Å². The second-order valence-electron chi connectivity index (χ2n) is 11.7. The lowest BCUT2D eigenvalue weighted by Crippen LogP contribution is -2.14. The fourth-order valence-corrected chi connectivity index (χ4v) is 6.51. The Morgan fingerprint density at radius 3 is 2.28 bits per heavy atom. The normalized spacial score (nSPS) is 14.2. The van der Waals surface area contributed by atoms with E-state index < -0.39 is 17.7 Å². The smallest absolute Gasteiger partial charge is 0.416 e. The minimum atomic E-state index is -4.41. The first-order valence-corrected chi connectivity index (χ1v) is 15.2. The van der Waals surface area contributed by atoms with Crippen LogP contribution >= 0.6 is 0 Å². The third kappa shape index (κ3) is 5.46. The van der Waals surface area contributed by atoms with Crippen LogP contribution in [0.25, 0.3) is 55.7 Å². The number of imidazole rings is 1. The van der Waals surface area contributed by atoms with E-state index in [1.807, 2.05) is 48.5 Å². The van der Waals surface area contributed by atoms with Crippen LogP contribution in [-0.2, 0) is 6.18 Å². The van der Waals surface area contributed by atoms with Gasteiger partial charge in [-0.1, -0.05) is 43.5 Å². The average molecular weight is 622 g/mol. The van der Waals surface area contributed by atoms with Crippen molar-refractivity contribution in [2.24, 2.45) is 0 Å². The zero-order valence-electron chi connectivity index (χ0n) is 25.0. The summed E-state index contributed by atoms with van der Waals surface area (Å²) in [5, 5.41) is 10.5. The maximum atomic E-state index is 13.2. The highest BCUT2D eigenvalue weighted by molar-refractivity contribution is 5.94. The predicted molar refractivity (Wildman–Crippen MR) is 172 cm³/mol. The van der Waals surface area contributed by atoms with Crippen LogP contribution in [0, 0.1) is 0 Å². The van der Waals surface area contributed by atoms with Gasteiger partial charge in [-0.15, -0.1) is 0 Å². The Bertz CT molecular complexity index is 2100. The largest absolute Gasteiger partial charge is 0.497 e. The molecule has 0 bridgehead atoms. The molecule has 2 aromatic heterocycles. The molecule has 0 spiro atoms. The number of benzene rings is 4. The molecule has 1 aliphatic carbocycles. The van der Waals surface area contributed by atoms with Gasteiger partial charge in [0.2, 0.25) is 0 Å². The first-order chi connectivity index (χ1) is 22.2. The van der Waals surface area contributed by atoms with Crippen molar-refractivity contribution in [2.75, 3.05) is 7.11 Å². The quantitative estimate of drug-likeness (QED) is 0.200. The Kier molecular flexibility index (Phi) is 7.47. The number of aromatic carboxylic acids is 1. The van der Waals surface area contributed by atoms with Crippen LogP contribution in [0.15, 0.2) is 91.0 Å². The summed E-state index contributed by atoms with van der Waals surface area (Å²) in [7, 11) is 1.56. The molecular formula is C37H30F3N3O3. The van der Waals surface area contributed by atoms with Gasteiger partial charge in [-0.05, 0) is 90.7 Å². The van der Waals surface area contributed by atoms with Gasteiger partial charge in [0.05, 0.1) is 40.5 Å². The van der Waals surface area contributed by atoms with E-state index in [2.05, 4.69) is 4.57 Å². The van der Waals surface area contributed by atoms with Gasteiger partial charge in [0.25, 0.3) is 0 Å². The van der Waals surface area contributed by atoms with Gasteiger partial charge in [0.15, 0.2) is 0 Å². The van der Waals surface area contributed by atoms with E-state index in [1.165, 1.54) is 18.6 Å². The Balaban J connectivity index is 1.31. The number of aromatic nitrogens is 3. The number of ether oxygens (including phenoxy) is 1. The molecule has 1 fully saturated rings. The number of nitrogens with zero attached hydrogens (tertiary/aromatic N) is 3. The van der Waals surface area contributed by atoms with Crippen LogP contribution in [-0.4, -0.2) is 32.7 Å². The number of hydrogen-bond acceptors (Lipinski definition) is 4. The summed E-state index contributed by atoms with van der Waals surface area (Å²) in [4.78, 5) is 21.6. The highest BCUT2D eigenvalue weighted by Crippen LogP contribution is 2.39.